The van der Waals surface area contributed by atoms with Gasteiger partial charge in [-0.15, -0.1) is 16.4 Å². The van der Waals surface area contributed by atoms with Gasteiger partial charge in [0.1, 0.15) is 0 Å². The lowest BCUT2D eigenvalue weighted by molar-refractivity contribution is -0.121. The lowest BCUT2D eigenvalue weighted by Crippen LogP contribution is -2.27. The molecule has 2 aromatic rings. The molecule has 120 valence electrons. The number of thiazole rings is 1. The summed E-state index contributed by atoms with van der Waals surface area (Å²) in [6, 6.07) is 0. The summed E-state index contributed by atoms with van der Waals surface area (Å²) in [6.45, 7) is 4.23. The van der Waals surface area contributed by atoms with Crippen LogP contribution in [-0.4, -0.2) is 20.5 Å². The van der Waals surface area contributed by atoms with Gasteiger partial charge in [-0.1, -0.05) is 26.2 Å². The molecule has 1 aliphatic rings. The number of rotatable bonds is 5. The largest absolute Gasteiger partial charge is 0.293 e. The Morgan fingerprint density at radius 1 is 1.41 bits per heavy atom. The van der Waals surface area contributed by atoms with Gasteiger partial charge in [-0.2, -0.15) is 4.98 Å². The average molecular weight is 320 g/mol. The molecule has 0 spiro atoms. The van der Waals surface area contributed by atoms with Crippen LogP contribution >= 0.6 is 11.3 Å². The van der Waals surface area contributed by atoms with Crippen LogP contribution < -0.4 is 5.32 Å². The molecule has 5 nitrogen and oxygen atoms in total. The Bertz CT molecular complexity index is 640. The van der Waals surface area contributed by atoms with E-state index in [0.717, 1.165) is 29.4 Å². The summed E-state index contributed by atoms with van der Waals surface area (Å²) in [4.78, 5) is 17.6. The minimum atomic E-state index is 0.0878. The third-order valence-electron chi connectivity index (χ3n) is 4.66. The Kier molecular flexibility index (Phi) is 4.76. The van der Waals surface area contributed by atoms with E-state index in [-0.39, 0.29) is 11.8 Å². The fourth-order valence-electron chi connectivity index (χ4n) is 3.26. The highest BCUT2D eigenvalue weighted by Crippen LogP contribution is 2.32. The molecule has 22 heavy (non-hydrogen) atoms. The normalized spacial score (nSPS) is 22.1. The number of nitrogens with zero attached hydrogens (tertiary/aromatic N) is 3. The van der Waals surface area contributed by atoms with Gasteiger partial charge in [0.25, 0.3) is 0 Å². The summed E-state index contributed by atoms with van der Waals surface area (Å²) >= 11 is 1.54. The molecule has 0 unspecified atom stereocenters. The number of hydrogen-bond donors (Lipinski definition) is 1. The van der Waals surface area contributed by atoms with Crippen LogP contribution in [0.1, 0.15) is 57.6 Å². The monoisotopic (exact) mass is 320 g/mol. The summed E-state index contributed by atoms with van der Waals surface area (Å²) < 4.78 is 1.78. The number of fused-ring (bicyclic) bond motifs is 1. The van der Waals surface area contributed by atoms with Gasteiger partial charge in [0, 0.05) is 11.3 Å². The molecule has 1 fully saturated rings. The second-order valence-corrected chi connectivity index (χ2v) is 7.19. The maximum absolute atomic E-state index is 12.4. The van der Waals surface area contributed by atoms with Crippen LogP contribution in [0.3, 0.4) is 0 Å². The molecular formula is C16H24N4OS. The van der Waals surface area contributed by atoms with Crippen LogP contribution in [0.4, 0.5) is 5.95 Å². The molecule has 0 saturated heterocycles. The Morgan fingerprint density at radius 3 is 2.86 bits per heavy atom. The van der Waals surface area contributed by atoms with Gasteiger partial charge >= 0.3 is 0 Å². The van der Waals surface area contributed by atoms with E-state index >= 15 is 0 Å². The molecule has 0 aromatic carbocycles. The number of carbonyl (C=O) groups excluding carboxylic acids is 1. The van der Waals surface area contributed by atoms with Crippen molar-refractivity contribution in [3.63, 3.8) is 0 Å². The Labute approximate surface area is 135 Å². The van der Waals surface area contributed by atoms with Gasteiger partial charge in [-0.3, -0.25) is 10.1 Å². The lowest BCUT2D eigenvalue weighted by atomic mass is 9.79. The van der Waals surface area contributed by atoms with E-state index in [0.29, 0.717) is 5.95 Å². The second-order valence-electron chi connectivity index (χ2n) is 6.36. The van der Waals surface area contributed by atoms with Crippen LogP contribution in [0, 0.1) is 18.8 Å². The maximum Gasteiger partial charge on any atom is 0.250 e. The number of anilines is 1. The fourth-order valence-corrected chi connectivity index (χ4v) is 4.06. The maximum atomic E-state index is 12.4. The van der Waals surface area contributed by atoms with Crippen molar-refractivity contribution in [3.8, 4) is 0 Å². The number of carbonyl (C=O) groups is 1. The molecule has 1 amide bonds. The molecule has 0 atom stereocenters. The van der Waals surface area contributed by atoms with Gasteiger partial charge in [0.05, 0.1) is 5.69 Å². The van der Waals surface area contributed by atoms with Crippen molar-refractivity contribution in [1.29, 1.82) is 0 Å². The molecule has 1 saturated carbocycles. The first-order valence-electron chi connectivity index (χ1n) is 8.29. The van der Waals surface area contributed by atoms with E-state index in [4.69, 9.17) is 0 Å². The van der Waals surface area contributed by atoms with Crippen molar-refractivity contribution < 1.29 is 4.79 Å². The van der Waals surface area contributed by atoms with E-state index in [9.17, 15) is 4.79 Å². The molecule has 6 heteroatoms. The fraction of sp³-hybridized carbons (Fsp3) is 0.688. The van der Waals surface area contributed by atoms with Crippen molar-refractivity contribution in [2.75, 3.05) is 5.32 Å². The standard InChI is InChI=1S/C16H24N4OS/c1-3-4-5-12-6-8-13(9-7-12)14(21)17-15-18-16-20(19-15)11(2)10-22-16/h10,12-13H,3-9H2,1-2H3,(H,17,19,21). The zero-order chi connectivity index (χ0) is 15.5. The number of nitrogens with one attached hydrogen (secondary N) is 1. The number of aryl methyl sites for hydroxylation is 1. The number of aromatic nitrogens is 3. The van der Waals surface area contributed by atoms with Crippen LogP contribution in [0.5, 0.6) is 0 Å². The molecule has 1 aliphatic carbocycles. The first-order chi connectivity index (χ1) is 10.7. The highest BCUT2D eigenvalue weighted by Gasteiger charge is 2.26. The quantitative estimate of drug-likeness (QED) is 0.904. The predicted molar refractivity (Wildman–Crippen MR) is 89.2 cm³/mol. The van der Waals surface area contributed by atoms with Crippen LogP contribution in [0.15, 0.2) is 5.38 Å². The molecule has 0 aliphatic heterocycles. The SMILES string of the molecule is CCCCC1CCC(C(=O)Nc2nc3scc(C)n3n2)CC1. The molecule has 3 rings (SSSR count). The third-order valence-corrected chi connectivity index (χ3v) is 5.60. The number of amides is 1. The van der Waals surface area contributed by atoms with E-state index in [1.54, 1.807) is 15.9 Å². The third kappa shape index (κ3) is 3.32. The second kappa shape index (κ2) is 6.77. The van der Waals surface area contributed by atoms with Crippen molar-refractivity contribution in [2.24, 2.45) is 11.8 Å². The van der Waals surface area contributed by atoms with Crippen LogP contribution in [0.2, 0.25) is 0 Å². The van der Waals surface area contributed by atoms with E-state index in [1.807, 2.05) is 12.3 Å². The van der Waals surface area contributed by atoms with Gasteiger partial charge in [-0.05, 0) is 38.5 Å². The molecule has 0 bridgehead atoms. The highest BCUT2D eigenvalue weighted by atomic mass is 32.1. The lowest BCUT2D eigenvalue weighted by Gasteiger charge is -2.27. The predicted octanol–water partition coefficient (Wildman–Crippen LogP) is 4.03. The van der Waals surface area contributed by atoms with Crippen LogP contribution in [-0.2, 0) is 4.79 Å². The smallest absolute Gasteiger partial charge is 0.250 e. The van der Waals surface area contributed by atoms with E-state index in [1.165, 1.54) is 32.1 Å². The first-order valence-corrected chi connectivity index (χ1v) is 9.17. The van der Waals surface area contributed by atoms with Crippen molar-refractivity contribution in [3.05, 3.63) is 11.1 Å². The summed E-state index contributed by atoms with van der Waals surface area (Å²) in [5, 5.41) is 9.26. The zero-order valence-corrected chi connectivity index (χ0v) is 14.2. The first kappa shape index (κ1) is 15.5. The zero-order valence-electron chi connectivity index (χ0n) is 13.3. The van der Waals surface area contributed by atoms with Gasteiger partial charge in [0.2, 0.25) is 16.8 Å². The van der Waals surface area contributed by atoms with Crippen LogP contribution in [0.25, 0.3) is 4.96 Å². The highest BCUT2D eigenvalue weighted by molar-refractivity contribution is 7.15. The Balaban J connectivity index is 1.54. The van der Waals surface area contributed by atoms with Gasteiger partial charge < -0.3 is 0 Å². The average Bonchev–Trinajstić information content (AvgIpc) is 3.07. The summed E-state index contributed by atoms with van der Waals surface area (Å²) in [6.07, 6.45) is 8.27. The molecule has 1 N–H and O–H groups in total. The van der Waals surface area contributed by atoms with E-state index in [2.05, 4.69) is 22.3 Å². The summed E-state index contributed by atoms with van der Waals surface area (Å²) in [5.41, 5.74) is 1.05. The molecule has 2 heterocycles. The van der Waals surface area contributed by atoms with E-state index < -0.39 is 0 Å². The molecule has 0 radical (unpaired) electrons. The van der Waals surface area contributed by atoms with Gasteiger partial charge in [0.15, 0.2) is 0 Å². The summed E-state index contributed by atoms with van der Waals surface area (Å²) in [5.74, 6) is 1.47. The minimum Gasteiger partial charge on any atom is -0.293 e. The molecular weight excluding hydrogens is 296 g/mol. The van der Waals surface area contributed by atoms with Crippen molar-refractivity contribution in [2.45, 2.75) is 58.8 Å². The molecule has 2 aromatic heterocycles. The summed E-state index contributed by atoms with van der Waals surface area (Å²) in [7, 11) is 0. The Hall–Kier alpha value is -1.43. The van der Waals surface area contributed by atoms with Gasteiger partial charge in [-0.25, -0.2) is 4.52 Å². The topological polar surface area (TPSA) is 59.3 Å². The Morgan fingerprint density at radius 2 is 2.18 bits per heavy atom. The number of hydrogen-bond acceptors (Lipinski definition) is 4. The van der Waals surface area contributed by atoms with Crippen molar-refractivity contribution in [1.82, 2.24) is 14.6 Å². The van der Waals surface area contributed by atoms with Crippen molar-refractivity contribution >= 4 is 28.2 Å². The minimum absolute atomic E-state index is 0.0878. The number of unbranched alkanes of at least 4 members (excludes halogenated alkanes) is 1.